The van der Waals surface area contributed by atoms with Gasteiger partial charge in [0, 0.05) is 30.9 Å². The Bertz CT molecular complexity index is 564. The zero-order valence-corrected chi connectivity index (χ0v) is 11.5. The normalized spacial score (nSPS) is 10.5. The van der Waals surface area contributed by atoms with E-state index in [0.29, 0.717) is 17.2 Å². The zero-order valence-electron chi connectivity index (χ0n) is 11.5. The molecule has 0 fully saturated rings. The smallest absolute Gasteiger partial charge is 0.162 e. The van der Waals surface area contributed by atoms with Gasteiger partial charge in [0.05, 0.1) is 25.6 Å². The number of nitrogens with two attached hydrogens (primary N) is 1. The summed E-state index contributed by atoms with van der Waals surface area (Å²) in [6.45, 7) is 2.12. The molecule has 0 unspecified atom stereocenters. The second kappa shape index (κ2) is 5.65. The molecule has 0 radical (unpaired) electrons. The van der Waals surface area contributed by atoms with Crippen molar-refractivity contribution >= 4 is 5.69 Å². The summed E-state index contributed by atoms with van der Waals surface area (Å²) in [7, 11) is 3.20. The maximum absolute atomic E-state index is 6.09. The number of ether oxygens (including phenoxy) is 2. The highest BCUT2D eigenvalue weighted by molar-refractivity contribution is 5.66. The molecule has 0 bridgehead atoms. The number of methoxy groups -OCH3 is 2. The fraction of sp³-hybridized carbons (Fsp3) is 0.357. The van der Waals surface area contributed by atoms with E-state index in [1.54, 1.807) is 26.5 Å². The molecule has 2 rings (SSSR count). The molecule has 2 aromatic rings. The van der Waals surface area contributed by atoms with E-state index in [9.17, 15) is 0 Å². The summed E-state index contributed by atoms with van der Waals surface area (Å²) >= 11 is 0. The number of hydrogen-bond acceptors (Lipinski definition) is 4. The maximum Gasteiger partial charge on any atom is 0.162 e. The van der Waals surface area contributed by atoms with Crippen molar-refractivity contribution in [1.82, 2.24) is 9.55 Å². The first-order chi connectivity index (χ1) is 9.21. The zero-order chi connectivity index (χ0) is 13.8. The molecular formula is C14H19N3O2. The van der Waals surface area contributed by atoms with Gasteiger partial charge < -0.3 is 19.8 Å². The van der Waals surface area contributed by atoms with Crippen LogP contribution in [0.4, 0.5) is 5.69 Å². The van der Waals surface area contributed by atoms with Gasteiger partial charge >= 0.3 is 0 Å². The highest BCUT2D eigenvalue weighted by Gasteiger charge is 2.12. The van der Waals surface area contributed by atoms with Crippen molar-refractivity contribution < 1.29 is 9.47 Å². The predicted molar refractivity (Wildman–Crippen MR) is 75.1 cm³/mol. The van der Waals surface area contributed by atoms with Crippen LogP contribution in [0.3, 0.4) is 0 Å². The summed E-state index contributed by atoms with van der Waals surface area (Å²) in [5.41, 5.74) is 7.58. The van der Waals surface area contributed by atoms with E-state index >= 15 is 0 Å². The van der Waals surface area contributed by atoms with Crippen molar-refractivity contribution in [3.63, 3.8) is 0 Å². The van der Waals surface area contributed by atoms with E-state index < -0.39 is 0 Å². The molecule has 5 heteroatoms. The largest absolute Gasteiger partial charge is 0.493 e. The van der Waals surface area contributed by atoms with Crippen molar-refractivity contribution in [2.75, 3.05) is 20.0 Å². The molecule has 0 amide bonds. The molecule has 2 N–H and O–H groups in total. The van der Waals surface area contributed by atoms with E-state index in [4.69, 9.17) is 15.2 Å². The lowest BCUT2D eigenvalue weighted by molar-refractivity contribution is 0.355. The molecule has 0 saturated carbocycles. The van der Waals surface area contributed by atoms with Crippen molar-refractivity contribution in [2.45, 2.75) is 19.8 Å². The lowest BCUT2D eigenvalue weighted by Gasteiger charge is -2.14. The molecule has 0 aliphatic heterocycles. The number of nitrogens with zero attached hydrogens (tertiary/aromatic N) is 2. The number of anilines is 1. The van der Waals surface area contributed by atoms with Crippen LogP contribution in [-0.2, 0) is 6.42 Å². The van der Waals surface area contributed by atoms with E-state index in [2.05, 4.69) is 11.9 Å². The molecule has 1 aromatic carbocycles. The van der Waals surface area contributed by atoms with Crippen LogP contribution in [0.25, 0.3) is 5.69 Å². The Kier molecular flexibility index (Phi) is 3.94. The van der Waals surface area contributed by atoms with Gasteiger partial charge in [-0.25, -0.2) is 4.98 Å². The molecule has 1 heterocycles. The van der Waals surface area contributed by atoms with E-state index in [-0.39, 0.29) is 0 Å². The Morgan fingerprint density at radius 1 is 1.21 bits per heavy atom. The Morgan fingerprint density at radius 2 is 1.89 bits per heavy atom. The number of imidazole rings is 1. The molecule has 0 aliphatic rings. The van der Waals surface area contributed by atoms with Gasteiger partial charge in [0.25, 0.3) is 0 Å². The van der Waals surface area contributed by atoms with Crippen molar-refractivity contribution in [3.8, 4) is 17.2 Å². The van der Waals surface area contributed by atoms with Crippen LogP contribution in [0.15, 0.2) is 24.5 Å². The van der Waals surface area contributed by atoms with Gasteiger partial charge in [0.1, 0.15) is 5.82 Å². The fourth-order valence-corrected chi connectivity index (χ4v) is 2.05. The average molecular weight is 261 g/mol. The Balaban J connectivity index is 2.52. The van der Waals surface area contributed by atoms with E-state index in [0.717, 1.165) is 24.4 Å². The van der Waals surface area contributed by atoms with Gasteiger partial charge in [-0.1, -0.05) is 6.92 Å². The number of hydrogen-bond donors (Lipinski definition) is 1. The SMILES string of the molecule is CCCc1nccn1-c1cc(OC)c(OC)cc1N. The molecule has 0 spiro atoms. The highest BCUT2D eigenvalue weighted by atomic mass is 16.5. The Labute approximate surface area is 113 Å². The minimum absolute atomic E-state index is 0.626. The molecule has 1 aromatic heterocycles. The fourth-order valence-electron chi connectivity index (χ4n) is 2.05. The summed E-state index contributed by atoms with van der Waals surface area (Å²) in [5.74, 6) is 2.27. The number of benzene rings is 1. The van der Waals surface area contributed by atoms with Crippen LogP contribution in [0.2, 0.25) is 0 Å². The van der Waals surface area contributed by atoms with Crippen molar-refractivity contribution in [3.05, 3.63) is 30.4 Å². The first-order valence-corrected chi connectivity index (χ1v) is 6.25. The lowest BCUT2D eigenvalue weighted by atomic mass is 10.2. The van der Waals surface area contributed by atoms with Crippen LogP contribution in [0.5, 0.6) is 11.5 Å². The van der Waals surface area contributed by atoms with Crippen molar-refractivity contribution in [1.29, 1.82) is 0 Å². The van der Waals surface area contributed by atoms with Crippen LogP contribution < -0.4 is 15.2 Å². The monoisotopic (exact) mass is 261 g/mol. The third-order valence-corrected chi connectivity index (χ3v) is 2.98. The summed E-state index contributed by atoms with van der Waals surface area (Å²) in [6.07, 6.45) is 5.62. The van der Waals surface area contributed by atoms with Crippen LogP contribution >= 0.6 is 0 Å². The van der Waals surface area contributed by atoms with Crippen LogP contribution in [0, 0.1) is 0 Å². The van der Waals surface area contributed by atoms with Gasteiger partial charge in [-0.05, 0) is 6.42 Å². The first-order valence-electron chi connectivity index (χ1n) is 6.25. The van der Waals surface area contributed by atoms with Gasteiger partial charge in [-0.2, -0.15) is 0 Å². The van der Waals surface area contributed by atoms with Crippen molar-refractivity contribution in [2.24, 2.45) is 0 Å². The minimum Gasteiger partial charge on any atom is -0.493 e. The molecule has 0 aliphatic carbocycles. The summed E-state index contributed by atoms with van der Waals surface area (Å²) < 4.78 is 12.5. The van der Waals surface area contributed by atoms with Gasteiger partial charge in [-0.15, -0.1) is 0 Å². The number of nitrogen functional groups attached to an aromatic ring is 1. The molecule has 19 heavy (non-hydrogen) atoms. The quantitative estimate of drug-likeness (QED) is 0.840. The molecule has 0 saturated heterocycles. The molecular weight excluding hydrogens is 242 g/mol. The minimum atomic E-state index is 0.626. The average Bonchev–Trinajstić information content (AvgIpc) is 2.87. The lowest BCUT2D eigenvalue weighted by Crippen LogP contribution is -2.05. The summed E-state index contributed by atoms with van der Waals surface area (Å²) in [5, 5.41) is 0. The van der Waals surface area contributed by atoms with E-state index in [1.165, 1.54) is 0 Å². The maximum atomic E-state index is 6.09. The van der Waals surface area contributed by atoms with Gasteiger partial charge in [0.15, 0.2) is 11.5 Å². The highest BCUT2D eigenvalue weighted by Crippen LogP contribution is 2.34. The summed E-state index contributed by atoms with van der Waals surface area (Å²) in [4.78, 5) is 4.36. The second-order valence-electron chi connectivity index (χ2n) is 4.23. The van der Waals surface area contributed by atoms with Gasteiger partial charge in [-0.3, -0.25) is 0 Å². The first kappa shape index (κ1) is 13.3. The predicted octanol–water partition coefficient (Wildman–Crippen LogP) is 2.42. The summed E-state index contributed by atoms with van der Waals surface area (Å²) in [6, 6.07) is 3.64. The topological polar surface area (TPSA) is 62.3 Å². The number of aromatic nitrogens is 2. The molecule has 5 nitrogen and oxygen atoms in total. The Hall–Kier alpha value is -2.17. The number of rotatable bonds is 5. The third-order valence-electron chi connectivity index (χ3n) is 2.98. The third kappa shape index (κ3) is 2.50. The van der Waals surface area contributed by atoms with Crippen LogP contribution in [0.1, 0.15) is 19.2 Å². The Morgan fingerprint density at radius 3 is 2.53 bits per heavy atom. The van der Waals surface area contributed by atoms with Crippen LogP contribution in [-0.4, -0.2) is 23.8 Å². The van der Waals surface area contributed by atoms with Gasteiger partial charge in [0.2, 0.25) is 0 Å². The molecule has 0 atom stereocenters. The van der Waals surface area contributed by atoms with E-state index in [1.807, 2.05) is 16.8 Å². The molecule has 102 valence electrons. The number of aryl methyl sites for hydroxylation is 1. The standard InChI is InChI=1S/C14H19N3O2/c1-4-5-14-16-6-7-17(14)11-9-13(19-3)12(18-2)8-10(11)15/h6-9H,4-5,15H2,1-3H3. The second-order valence-corrected chi connectivity index (χ2v) is 4.23.